The van der Waals surface area contributed by atoms with Gasteiger partial charge in [0.1, 0.15) is 0 Å². The second-order valence-corrected chi connectivity index (χ2v) is 8.30. The summed E-state index contributed by atoms with van der Waals surface area (Å²) in [6, 6.07) is 0. The van der Waals surface area contributed by atoms with Crippen LogP contribution in [0.15, 0.2) is 0 Å². The lowest BCUT2D eigenvalue weighted by Crippen LogP contribution is -2.16. The van der Waals surface area contributed by atoms with Gasteiger partial charge < -0.3 is 10.2 Å². The number of aliphatic hydroxyl groups is 2. The van der Waals surface area contributed by atoms with Gasteiger partial charge in [-0.15, -0.1) is 0 Å². The quantitative estimate of drug-likeness (QED) is 0.545. The van der Waals surface area contributed by atoms with Gasteiger partial charge in [0.05, 0.1) is 24.2 Å². The molecule has 0 rings (SSSR count). The molecular weight excluding hydrogens is 280 g/mol. The Morgan fingerprint density at radius 2 is 1.71 bits per heavy atom. The Morgan fingerprint density at radius 1 is 1.12 bits per heavy atom. The minimum Gasteiger partial charge on any atom is -0.396 e. The number of thioether (sulfide) groups is 2. The van der Waals surface area contributed by atoms with E-state index < -0.39 is 9.84 Å². The lowest BCUT2D eigenvalue weighted by Gasteiger charge is -2.07. The summed E-state index contributed by atoms with van der Waals surface area (Å²) in [4.78, 5) is 0. The van der Waals surface area contributed by atoms with Gasteiger partial charge in [0.25, 0.3) is 0 Å². The highest BCUT2D eigenvalue weighted by Gasteiger charge is 2.10. The van der Waals surface area contributed by atoms with Crippen molar-refractivity contribution in [2.45, 2.75) is 19.4 Å². The van der Waals surface area contributed by atoms with Gasteiger partial charge in [-0.05, 0) is 6.42 Å². The van der Waals surface area contributed by atoms with Crippen molar-refractivity contribution < 1.29 is 18.6 Å². The number of hydrogen-bond donors (Lipinski definition) is 2. The molecule has 0 spiro atoms. The molecule has 7 heteroatoms. The highest BCUT2D eigenvalue weighted by atomic mass is 32.2. The van der Waals surface area contributed by atoms with Crippen molar-refractivity contribution >= 4 is 33.4 Å². The first kappa shape index (κ1) is 17.6. The topological polar surface area (TPSA) is 74.6 Å². The summed E-state index contributed by atoms with van der Waals surface area (Å²) >= 11 is 2.93. The Kier molecular flexibility index (Phi) is 10.8. The predicted molar refractivity (Wildman–Crippen MR) is 76.7 cm³/mol. The monoisotopic (exact) mass is 302 g/mol. The van der Waals surface area contributed by atoms with E-state index in [2.05, 4.69) is 0 Å². The van der Waals surface area contributed by atoms with Gasteiger partial charge in [-0.2, -0.15) is 23.5 Å². The van der Waals surface area contributed by atoms with Crippen molar-refractivity contribution in [1.82, 2.24) is 0 Å². The van der Waals surface area contributed by atoms with Gasteiger partial charge in [-0.25, -0.2) is 8.42 Å². The molecule has 4 nitrogen and oxygen atoms in total. The Bertz CT molecular complexity index is 267. The third-order valence-corrected chi connectivity index (χ3v) is 6.34. The normalized spacial score (nSPS) is 13.8. The molecule has 0 bridgehead atoms. The van der Waals surface area contributed by atoms with Crippen molar-refractivity contribution in [3.8, 4) is 0 Å². The minimum absolute atomic E-state index is 0.0927. The first-order valence-corrected chi connectivity index (χ1v) is 9.79. The molecule has 0 aliphatic carbocycles. The molecule has 0 saturated heterocycles. The fraction of sp³-hybridized carbons (Fsp3) is 1.00. The Labute approximate surface area is 112 Å². The molecule has 2 N–H and O–H groups in total. The number of sulfone groups is 1. The van der Waals surface area contributed by atoms with Crippen molar-refractivity contribution in [3.63, 3.8) is 0 Å². The predicted octanol–water partition coefficient (Wildman–Crippen LogP) is 0.631. The maximum atomic E-state index is 11.6. The molecule has 0 heterocycles. The van der Waals surface area contributed by atoms with Crippen LogP contribution in [0.1, 0.15) is 13.3 Å². The van der Waals surface area contributed by atoms with Crippen LogP contribution in [0.4, 0.5) is 0 Å². The molecule has 1 atom stereocenters. The molecule has 0 radical (unpaired) electrons. The highest BCUT2D eigenvalue weighted by molar-refractivity contribution is 8.02. The number of hydrogen-bond acceptors (Lipinski definition) is 6. The van der Waals surface area contributed by atoms with Gasteiger partial charge in [-0.3, -0.25) is 0 Å². The Morgan fingerprint density at radius 3 is 2.24 bits per heavy atom. The zero-order valence-electron chi connectivity index (χ0n) is 10.2. The van der Waals surface area contributed by atoms with Crippen molar-refractivity contribution in [1.29, 1.82) is 0 Å². The summed E-state index contributed by atoms with van der Waals surface area (Å²) in [5.41, 5.74) is 0. The first-order chi connectivity index (χ1) is 8.02. The molecule has 0 aromatic carbocycles. The number of rotatable bonds is 11. The van der Waals surface area contributed by atoms with E-state index >= 15 is 0 Å². The molecule has 17 heavy (non-hydrogen) atoms. The van der Waals surface area contributed by atoms with E-state index in [1.54, 1.807) is 0 Å². The summed E-state index contributed by atoms with van der Waals surface area (Å²) in [6.45, 7) is 2.00. The van der Waals surface area contributed by atoms with Crippen molar-refractivity contribution in [2.75, 3.05) is 41.1 Å². The highest BCUT2D eigenvalue weighted by Crippen LogP contribution is 2.08. The van der Waals surface area contributed by atoms with Gasteiger partial charge >= 0.3 is 0 Å². The largest absolute Gasteiger partial charge is 0.396 e. The molecule has 0 aromatic rings. The standard InChI is InChI=1S/C10H22O4S3/c1-2-10(12)9-16-6-8-17(13,14)7-5-15-4-3-11/h10-12H,2-9H2,1H3. The van der Waals surface area contributed by atoms with Crippen molar-refractivity contribution in [3.05, 3.63) is 0 Å². The van der Waals surface area contributed by atoms with Gasteiger partial charge in [0.2, 0.25) is 0 Å². The lowest BCUT2D eigenvalue weighted by atomic mass is 10.3. The zero-order valence-corrected chi connectivity index (χ0v) is 12.6. The third-order valence-electron chi connectivity index (χ3n) is 2.09. The molecule has 1 unspecified atom stereocenters. The van der Waals surface area contributed by atoms with E-state index in [1.807, 2.05) is 6.92 Å². The van der Waals surface area contributed by atoms with Crippen LogP contribution in [0.25, 0.3) is 0 Å². The van der Waals surface area contributed by atoms with Crippen LogP contribution in [0, 0.1) is 0 Å². The van der Waals surface area contributed by atoms with Gasteiger partial charge in [-0.1, -0.05) is 6.92 Å². The molecule has 0 amide bonds. The van der Waals surface area contributed by atoms with E-state index in [1.165, 1.54) is 23.5 Å². The Balaban J connectivity index is 3.57. The number of aliphatic hydroxyl groups excluding tert-OH is 2. The average molecular weight is 302 g/mol. The maximum absolute atomic E-state index is 11.6. The fourth-order valence-corrected chi connectivity index (χ4v) is 5.16. The van der Waals surface area contributed by atoms with Crippen LogP contribution >= 0.6 is 23.5 Å². The molecule has 0 aromatic heterocycles. The smallest absolute Gasteiger partial charge is 0.151 e. The maximum Gasteiger partial charge on any atom is 0.151 e. The molecular formula is C10H22O4S3. The van der Waals surface area contributed by atoms with Gasteiger partial charge in [0.15, 0.2) is 9.84 Å². The van der Waals surface area contributed by atoms with E-state index in [9.17, 15) is 13.5 Å². The molecule has 0 aliphatic heterocycles. The van der Waals surface area contributed by atoms with Crippen LogP contribution in [-0.4, -0.2) is 65.9 Å². The zero-order chi connectivity index (χ0) is 13.1. The van der Waals surface area contributed by atoms with E-state index in [0.717, 1.165) is 0 Å². The SMILES string of the molecule is CCC(O)CSCCS(=O)(=O)CCSCCO. The van der Waals surface area contributed by atoms with Crippen LogP contribution in [0.2, 0.25) is 0 Å². The molecule has 0 aliphatic rings. The van der Waals surface area contributed by atoms with E-state index in [4.69, 9.17) is 5.11 Å². The van der Waals surface area contributed by atoms with Crippen LogP contribution in [0.3, 0.4) is 0 Å². The summed E-state index contributed by atoms with van der Waals surface area (Å²) < 4.78 is 23.1. The van der Waals surface area contributed by atoms with E-state index in [-0.39, 0.29) is 24.2 Å². The minimum atomic E-state index is -2.97. The second-order valence-electron chi connectivity index (χ2n) is 3.62. The molecule has 0 saturated carbocycles. The van der Waals surface area contributed by atoms with Crippen LogP contribution < -0.4 is 0 Å². The summed E-state index contributed by atoms with van der Waals surface area (Å²) in [7, 11) is -2.97. The van der Waals surface area contributed by atoms with Crippen molar-refractivity contribution in [2.24, 2.45) is 0 Å². The average Bonchev–Trinajstić information content (AvgIpc) is 2.30. The van der Waals surface area contributed by atoms with Gasteiger partial charge in [0, 0.05) is 23.0 Å². The second kappa shape index (κ2) is 10.5. The molecule has 0 fully saturated rings. The first-order valence-electron chi connectivity index (χ1n) is 5.66. The van der Waals surface area contributed by atoms with E-state index in [0.29, 0.717) is 29.4 Å². The summed E-state index contributed by atoms with van der Waals surface area (Å²) in [6.07, 6.45) is 0.375. The molecule has 104 valence electrons. The third kappa shape index (κ3) is 11.4. The lowest BCUT2D eigenvalue weighted by molar-refractivity contribution is 0.195. The van der Waals surface area contributed by atoms with Crippen LogP contribution in [0.5, 0.6) is 0 Å². The van der Waals surface area contributed by atoms with Crippen LogP contribution in [-0.2, 0) is 9.84 Å². The summed E-state index contributed by atoms with van der Waals surface area (Å²) in [5.74, 6) is 2.63. The summed E-state index contributed by atoms with van der Waals surface area (Å²) in [5, 5.41) is 17.8. The fourth-order valence-electron chi connectivity index (χ4n) is 0.978. The Hall–Kier alpha value is 0.570.